The number of carboxylic acids is 1. The second kappa shape index (κ2) is 26.8. The third kappa shape index (κ3) is 24.8. The topological polar surface area (TPSA) is 127 Å². The Morgan fingerprint density at radius 1 is 1.19 bits per heavy atom. The molecule has 170 valence electrons. The predicted octanol–water partition coefficient (Wildman–Crippen LogP) is -1.36. The second-order valence-corrected chi connectivity index (χ2v) is 4.65. The minimum absolute atomic E-state index is 0.118. The molecule has 0 aliphatic carbocycles. The van der Waals surface area contributed by atoms with Crippen molar-refractivity contribution in [2.24, 2.45) is 5.73 Å². The van der Waals surface area contributed by atoms with Crippen molar-refractivity contribution >= 4 is 11.9 Å². The van der Waals surface area contributed by atoms with Crippen LogP contribution in [0.5, 0.6) is 0 Å². The van der Waals surface area contributed by atoms with Crippen molar-refractivity contribution in [3.63, 3.8) is 0 Å². The summed E-state index contributed by atoms with van der Waals surface area (Å²) in [4.78, 5) is 35.7. The molecule has 0 spiro atoms. The summed E-state index contributed by atoms with van der Waals surface area (Å²) in [7, 11) is -1.00. The molecule has 0 aliphatic rings. The Bertz CT molecular complexity index is 807. The third-order valence-corrected chi connectivity index (χ3v) is 2.57. The first-order chi connectivity index (χ1) is 15.9. The van der Waals surface area contributed by atoms with Gasteiger partial charge >= 0.3 is 46.3 Å². The first-order valence-corrected chi connectivity index (χ1v) is 10.5. The maximum absolute atomic E-state index is 10.9. The van der Waals surface area contributed by atoms with E-state index in [1.165, 1.54) is 0 Å². The van der Waals surface area contributed by atoms with Gasteiger partial charge in [-0.2, -0.15) is 0 Å². The number of amides is 1. The fourth-order valence-corrected chi connectivity index (χ4v) is 1.41. The Balaban J connectivity index is -0.000000387. The van der Waals surface area contributed by atoms with Crippen molar-refractivity contribution in [1.82, 2.24) is 15.3 Å². The smallest absolute Gasteiger partial charge is 0.384 e. The van der Waals surface area contributed by atoms with Gasteiger partial charge in [-0.3, -0.25) is 19.2 Å². The average molecular weight is 547 g/mol. The summed E-state index contributed by atoms with van der Waals surface area (Å²) < 4.78 is 21.8. The molecule has 0 unspecified atom stereocenters. The molecule has 0 radical (unpaired) electrons. The molecular formula is C20H27FIN6O3-. The van der Waals surface area contributed by atoms with Gasteiger partial charge < -0.3 is 25.8 Å². The molecule has 4 N–H and O–H groups in total. The van der Waals surface area contributed by atoms with Gasteiger partial charge in [-0.1, -0.05) is 12.1 Å². The number of carbonyl (C=O) groups excluding carboxylic acids is 1. The molecule has 0 fully saturated rings. The zero-order chi connectivity index (χ0) is 25.7. The molecule has 0 aromatic carbocycles. The number of nitrogens with zero attached hydrogens (tertiary/aromatic N) is 4. The third-order valence-electron chi connectivity index (χ3n) is 2.57. The van der Waals surface area contributed by atoms with Gasteiger partial charge in [0.25, 0.3) is 6.54 Å². The summed E-state index contributed by atoms with van der Waals surface area (Å²) in [5.74, 6) is -1.33. The van der Waals surface area contributed by atoms with Crippen LogP contribution in [0.3, 0.4) is 0 Å². The molecule has 31 heavy (non-hydrogen) atoms. The monoisotopic (exact) mass is 547 g/mol. The molecule has 0 atom stereocenters. The Hall–Kier alpha value is -3.16. The van der Waals surface area contributed by atoms with E-state index < -0.39 is 19.7 Å². The molecule has 1 amide bonds. The first kappa shape index (κ1) is 27.8. The minimum Gasteiger partial charge on any atom is -0.476 e. The van der Waals surface area contributed by atoms with Gasteiger partial charge in [0.1, 0.15) is 0 Å². The number of alkyl halides is 2. The van der Waals surface area contributed by atoms with Crippen molar-refractivity contribution in [2.75, 3.05) is 25.2 Å². The average Bonchev–Trinajstić information content (AvgIpc) is 2.81. The second-order valence-electron chi connectivity index (χ2n) is 4.65. The number of hydrogen-bond donors (Lipinski definition) is 3. The van der Waals surface area contributed by atoms with Crippen LogP contribution in [0.25, 0.3) is 9.69 Å². The maximum Gasteiger partial charge on any atom is 0.384 e. The van der Waals surface area contributed by atoms with Crippen LogP contribution in [0.2, 0.25) is 0 Å². The number of aromatic nitrogens is 2. The van der Waals surface area contributed by atoms with E-state index in [0.717, 1.165) is 11.4 Å². The van der Waals surface area contributed by atoms with Crippen molar-refractivity contribution in [1.29, 1.82) is 0.594 Å². The van der Waals surface area contributed by atoms with E-state index in [4.69, 9.17) is 25.9 Å². The standard InChI is InChI=1S/C9H9N3O.C6H8N2.C3H3NO2.CH3F.CH4I/c1-10-7-9(13)12-6-8-4-2-3-5-11-8;7-5-6-3-1-2-4-8-6;1-4-2-3(5)6;2*1-2/h2-5H,6-7H2,(H,12,13);1-4H,5,7H2;2H2,(H,5,6);1H3;2H,1H3/q;;;;-1/i;;;1D;2D. The van der Waals surface area contributed by atoms with Crippen molar-refractivity contribution < 1.29 is 42.8 Å². The first-order valence-electron chi connectivity index (χ1n) is 9.41. The van der Waals surface area contributed by atoms with Crippen molar-refractivity contribution in [3.8, 4) is 0 Å². The molecule has 0 bridgehead atoms. The Morgan fingerprint density at radius 2 is 1.68 bits per heavy atom. The summed E-state index contributed by atoms with van der Waals surface area (Å²) in [6.07, 6.45) is 3.40. The molecule has 2 aromatic rings. The summed E-state index contributed by atoms with van der Waals surface area (Å²) in [6.45, 7) is 12.8. The molecular weight excluding hydrogens is 518 g/mol. The summed E-state index contributed by atoms with van der Waals surface area (Å²) in [5, 5.41) is 10.3. The Morgan fingerprint density at radius 3 is 1.97 bits per heavy atom. The molecule has 9 nitrogen and oxygen atoms in total. The van der Waals surface area contributed by atoms with Crippen LogP contribution >= 0.6 is 0 Å². The SMILES string of the molecule is NCc1ccccn1.[2H]CF.[2H][I-]C.[C-]#[N+]CC(=O)NCc1ccccn1.[C-]#[N+]CC(=O)O. The Kier molecular flexibility index (Phi) is 24.1. The molecule has 0 aliphatic heterocycles. The molecule has 11 heteroatoms. The van der Waals surface area contributed by atoms with Crippen LogP contribution in [-0.4, -0.2) is 52.7 Å². The van der Waals surface area contributed by atoms with Crippen LogP contribution in [0.15, 0.2) is 48.8 Å². The molecule has 0 saturated carbocycles. The molecule has 2 aromatic heterocycles. The van der Waals surface area contributed by atoms with Gasteiger partial charge in [0.2, 0.25) is 0 Å². The minimum atomic E-state index is -1.06. The van der Waals surface area contributed by atoms with Gasteiger partial charge in [0.15, 0.2) is 0 Å². The molecule has 2 heterocycles. The van der Waals surface area contributed by atoms with Crippen LogP contribution in [0.4, 0.5) is 4.39 Å². The number of hydrogen-bond acceptors (Lipinski definition) is 5. The summed E-state index contributed by atoms with van der Waals surface area (Å²) in [5.41, 5.74) is 7.02. The number of rotatable bonds is 5. The fraction of sp³-hybridized carbons (Fsp3) is 0.300. The van der Waals surface area contributed by atoms with Gasteiger partial charge in [-0.15, -0.1) is 0 Å². The number of carboxylic acid groups (broad SMARTS) is 1. The van der Waals surface area contributed by atoms with Gasteiger partial charge in [-0.25, -0.2) is 17.9 Å². The number of halogens is 2. The number of nitrogens with two attached hydrogens (primary N) is 1. The summed E-state index contributed by atoms with van der Waals surface area (Å²) in [6, 6.07) is 11.2. The normalized spacial score (nSPS) is 8.68. The number of nitrogens with one attached hydrogen (secondary N) is 1. The van der Waals surface area contributed by atoms with E-state index in [9.17, 15) is 14.0 Å². The summed E-state index contributed by atoms with van der Waals surface area (Å²) >= 11 is -0.160. The van der Waals surface area contributed by atoms with E-state index in [0.29, 0.717) is 13.1 Å². The number of aliphatic carboxylic acids is 1. The zero-order valence-corrected chi connectivity index (χ0v) is 19.2. The number of pyridine rings is 2. The molecule has 2 rings (SSSR count). The van der Waals surface area contributed by atoms with E-state index in [2.05, 4.69) is 25.0 Å². The van der Waals surface area contributed by atoms with Crippen LogP contribution < -0.4 is 33.4 Å². The quantitative estimate of drug-likeness (QED) is 0.241. The largest absolute Gasteiger partial charge is 0.476 e. The fourth-order valence-electron chi connectivity index (χ4n) is 1.41. The van der Waals surface area contributed by atoms with E-state index in [1.54, 1.807) is 12.4 Å². The van der Waals surface area contributed by atoms with Gasteiger partial charge in [0, 0.05) is 18.9 Å². The van der Waals surface area contributed by atoms with Crippen LogP contribution in [-0.2, 0) is 22.7 Å². The van der Waals surface area contributed by atoms with Crippen molar-refractivity contribution in [3.05, 3.63) is 83.0 Å². The zero-order valence-electron chi connectivity index (χ0n) is 19.0. The number of carbonyl (C=O) groups is 2. The van der Waals surface area contributed by atoms with Crippen LogP contribution in [0, 0.1) is 13.1 Å². The predicted molar refractivity (Wildman–Crippen MR) is 113 cm³/mol. The molecule has 0 saturated heterocycles. The van der Waals surface area contributed by atoms with Crippen LogP contribution in [0.1, 0.15) is 12.8 Å². The Labute approximate surface area is 197 Å². The maximum atomic E-state index is 10.9. The van der Waals surface area contributed by atoms with E-state index >= 15 is 0 Å². The van der Waals surface area contributed by atoms with Gasteiger partial charge in [-0.05, 0) is 24.3 Å². The van der Waals surface area contributed by atoms with E-state index in [-0.39, 0.29) is 34.8 Å². The van der Waals surface area contributed by atoms with E-state index in [1.807, 2.05) is 41.3 Å². The van der Waals surface area contributed by atoms with Crippen molar-refractivity contribution in [2.45, 2.75) is 13.1 Å². The van der Waals surface area contributed by atoms with Gasteiger partial charge in [0.05, 0.1) is 26.5 Å².